The van der Waals surface area contributed by atoms with E-state index in [9.17, 15) is 61.0 Å². The normalized spacial score (nSPS) is 27.9. The average Bonchev–Trinajstić information content (AvgIpc) is 0.876. The Labute approximate surface area is 550 Å². The van der Waals surface area contributed by atoms with E-state index in [0.717, 1.165) is 44.9 Å². The Bertz CT molecular complexity index is 1700. The topological polar surface area (TPSA) is 307 Å². The van der Waals surface area contributed by atoms with Crippen LogP contribution < -0.4 is 5.32 Å². The Morgan fingerprint density at radius 3 is 1.03 bits per heavy atom. The van der Waals surface area contributed by atoms with Crippen molar-refractivity contribution in [3.63, 3.8) is 0 Å². The van der Waals surface area contributed by atoms with E-state index >= 15 is 0 Å². The minimum Gasteiger partial charge on any atom is -0.394 e. The molecule has 3 rings (SSSR count). The van der Waals surface area contributed by atoms with Crippen LogP contribution in [-0.2, 0) is 33.2 Å². The monoisotopic (exact) mass is 1300 g/mol. The van der Waals surface area contributed by atoms with Gasteiger partial charge in [-0.25, -0.2) is 0 Å². The number of aliphatic hydroxyl groups is 11. The molecule has 0 aromatic carbocycles. The molecule has 91 heavy (non-hydrogen) atoms. The van der Waals surface area contributed by atoms with Crippen LogP contribution in [0.25, 0.3) is 0 Å². The zero-order chi connectivity index (χ0) is 66.1. The van der Waals surface area contributed by atoms with E-state index in [1.807, 2.05) is 6.08 Å². The summed E-state index contributed by atoms with van der Waals surface area (Å²) in [7, 11) is 0. The predicted molar refractivity (Wildman–Crippen MR) is 356 cm³/mol. The highest BCUT2D eigenvalue weighted by Crippen LogP contribution is 2.33. The second-order valence-electron chi connectivity index (χ2n) is 27.1. The summed E-state index contributed by atoms with van der Waals surface area (Å²) in [6, 6.07) is -0.969. The molecule has 0 spiro atoms. The molecule has 1 amide bonds. The first-order valence-electron chi connectivity index (χ1n) is 37.4. The van der Waals surface area contributed by atoms with Gasteiger partial charge in [0.2, 0.25) is 5.91 Å². The SMILES string of the molecule is CCCCCCCCCCCCCCCCCCCCCCCCCCCCCCC/C=C/C(O)C(COC1OC(CO)C(OC2OC(CO)C(OC3OC(CO)C(O)C(O)C3O)C(O)C2O)C(O)C1O)NC(=O)CCCCCCCCCCCCCCCCC. The third-order valence-electron chi connectivity index (χ3n) is 19.1. The number of hydrogen-bond donors (Lipinski definition) is 12. The average molecular weight is 1300 g/mol. The summed E-state index contributed by atoms with van der Waals surface area (Å²) in [6.07, 6.45) is 34.9. The number of amides is 1. The van der Waals surface area contributed by atoms with Gasteiger partial charge in [0.05, 0.1) is 38.6 Å². The van der Waals surface area contributed by atoms with Gasteiger partial charge in [0.1, 0.15) is 73.2 Å². The zero-order valence-corrected chi connectivity index (χ0v) is 57.1. The van der Waals surface area contributed by atoms with Crippen molar-refractivity contribution in [1.82, 2.24) is 5.32 Å². The van der Waals surface area contributed by atoms with Gasteiger partial charge in [-0.1, -0.05) is 296 Å². The van der Waals surface area contributed by atoms with Crippen molar-refractivity contribution in [2.75, 3.05) is 26.4 Å². The summed E-state index contributed by atoms with van der Waals surface area (Å²) >= 11 is 0. The molecule has 3 aliphatic rings. The molecular weight excluding hydrogens is 1170 g/mol. The predicted octanol–water partition coefficient (Wildman–Crippen LogP) is 10.8. The number of unbranched alkanes of at least 4 members (excludes halogenated alkanes) is 43. The van der Waals surface area contributed by atoms with Gasteiger partial charge in [-0.2, -0.15) is 0 Å². The van der Waals surface area contributed by atoms with Crippen LogP contribution in [0, 0.1) is 0 Å². The maximum absolute atomic E-state index is 13.4. The molecule has 3 saturated heterocycles. The van der Waals surface area contributed by atoms with E-state index in [-0.39, 0.29) is 18.9 Å². The van der Waals surface area contributed by atoms with Crippen LogP contribution in [0.1, 0.15) is 309 Å². The molecule has 0 radical (unpaired) electrons. The molecule has 19 heteroatoms. The van der Waals surface area contributed by atoms with Gasteiger partial charge in [-0.05, 0) is 19.3 Å². The molecule has 3 fully saturated rings. The molecule has 17 atom stereocenters. The van der Waals surface area contributed by atoms with Gasteiger partial charge in [0.15, 0.2) is 18.9 Å². The van der Waals surface area contributed by atoms with E-state index < -0.39 is 124 Å². The lowest BCUT2D eigenvalue weighted by atomic mass is 9.96. The van der Waals surface area contributed by atoms with Crippen molar-refractivity contribution in [2.45, 2.75) is 413 Å². The van der Waals surface area contributed by atoms with Crippen LogP contribution in [0.4, 0.5) is 0 Å². The second-order valence-corrected chi connectivity index (χ2v) is 27.1. The highest BCUT2D eigenvalue weighted by Gasteiger charge is 2.53. The maximum atomic E-state index is 13.4. The fraction of sp³-hybridized carbons (Fsp3) is 0.958. The first-order valence-corrected chi connectivity index (χ1v) is 37.4. The maximum Gasteiger partial charge on any atom is 0.220 e. The molecule has 0 aliphatic carbocycles. The summed E-state index contributed by atoms with van der Waals surface area (Å²) in [6.45, 7) is 1.78. The van der Waals surface area contributed by atoms with Gasteiger partial charge < -0.3 is 89.9 Å². The van der Waals surface area contributed by atoms with Crippen molar-refractivity contribution in [1.29, 1.82) is 0 Å². The first-order chi connectivity index (χ1) is 44.3. The van der Waals surface area contributed by atoms with E-state index in [0.29, 0.717) is 6.42 Å². The van der Waals surface area contributed by atoms with E-state index in [1.165, 1.54) is 238 Å². The van der Waals surface area contributed by atoms with Crippen LogP contribution in [0.15, 0.2) is 12.2 Å². The van der Waals surface area contributed by atoms with Crippen LogP contribution in [-0.4, -0.2) is 193 Å². The van der Waals surface area contributed by atoms with Gasteiger partial charge >= 0.3 is 0 Å². The Morgan fingerprint density at radius 2 is 0.681 bits per heavy atom. The molecule has 0 saturated carbocycles. The third-order valence-corrected chi connectivity index (χ3v) is 19.1. The lowest BCUT2D eigenvalue weighted by Gasteiger charge is -2.48. The van der Waals surface area contributed by atoms with Gasteiger partial charge in [-0.15, -0.1) is 0 Å². The second kappa shape index (κ2) is 54.5. The fourth-order valence-corrected chi connectivity index (χ4v) is 13.0. The minimum absolute atomic E-state index is 0.249. The molecule has 3 heterocycles. The molecule has 0 aromatic rings. The van der Waals surface area contributed by atoms with Crippen molar-refractivity contribution >= 4 is 5.91 Å². The van der Waals surface area contributed by atoms with E-state index in [2.05, 4.69) is 19.2 Å². The zero-order valence-electron chi connectivity index (χ0n) is 57.1. The smallest absolute Gasteiger partial charge is 0.220 e. The van der Waals surface area contributed by atoms with Crippen molar-refractivity contribution in [3.05, 3.63) is 12.2 Å². The Morgan fingerprint density at radius 1 is 0.385 bits per heavy atom. The number of nitrogens with one attached hydrogen (secondary N) is 1. The highest BCUT2D eigenvalue weighted by molar-refractivity contribution is 5.76. The number of allylic oxidation sites excluding steroid dienone is 1. The fourth-order valence-electron chi connectivity index (χ4n) is 13.0. The standard InChI is InChI=1S/C72H137NO18/c1-3-5-7-9-11-13-15-17-19-20-21-22-23-24-25-26-27-28-29-30-31-32-33-34-36-37-39-41-43-45-47-49-56(77)55(73-60(78)50-48-46-44-42-40-38-35-18-16-14-12-10-8-6-4-2)54-86-70-66(84)63(81)68(58(52-75)88-70)91-72-67(85)64(82)69(59(53-76)89-72)90-71-65(83)62(80)61(79)57(51-74)87-71/h47,49,55-59,61-72,74-77,79-85H,3-46,48,50-54H2,1-2H3,(H,73,78)/b49-47+. The highest BCUT2D eigenvalue weighted by atomic mass is 16.8. The molecule has 3 aliphatic heterocycles. The summed E-state index contributed by atoms with van der Waals surface area (Å²) in [5, 5.41) is 121. The van der Waals surface area contributed by atoms with E-state index in [1.54, 1.807) is 6.08 Å². The number of rotatable bonds is 59. The van der Waals surface area contributed by atoms with Crippen LogP contribution in [0.3, 0.4) is 0 Å². The Balaban J connectivity index is 1.37. The van der Waals surface area contributed by atoms with Crippen molar-refractivity contribution in [2.24, 2.45) is 0 Å². The number of carbonyl (C=O) groups excluding carboxylic acids is 1. The van der Waals surface area contributed by atoms with E-state index in [4.69, 9.17) is 28.4 Å². The summed E-state index contributed by atoms with van der Waals surface area (Å²) in [5.74, 6) is -0.270. The molecular formula is C72H137NO18. The van der Waals surface area contributed by atoms with Crippen molar-refractivity contribution in [3.8, 4) is 0 Å². The van der Waals surface area contributed by atoms with Crippen LogP contribution in [0.2, 0.25) is 0 Å². The molecule has 19 nitrogen and oxygen atoms in total. The molecule has 538 valence electrons. The van der Waals surface area contributed by atoms with Gasteiger partial charge in [0, 0.05) is 6.42 Å². The number of aliphatic hydroxyl groups excluding tert-OH is 11. The van der Waals surface area contributed by atoms with Gasteiger partial charge in [-0.3, -0.25) is 4.79 Å². The lowest BCUT2D eigenvalue weighted by molar-refractivity contribution is -0.379. The third kappa shape index (κ3) is 36.1. The quantitative estimate of drug-likeness (QED) is 0.0199. The van der Waals surface area contributed by atoms with Crippen LogP contribution in [0.5, 0.6) is 0 Å². The first kappa shape index (κ1) is 83.8. The minimum atomic E-state index is -1.98. The molecule has 0 bridgehead atoms. The largest absolute Gasteiger partial charge is 0.394 e. The molecule has 17 unspecified atom stereocenters. The summed E-state index contributed by atoms with van der Waals surface area (Å²) < 4.78 is 34.4. The lowest BCUT2D eigenvalue weighted by Crippen LogP contribution is -2.66. The number of hydrogen-bond acceptors (Lipinski definition) is 18. The number of carbonyl (C=O) groups is 1. The van der Waals surface area contributed by atoms with Crippen molar-refractivity contribution < 1.29 is 89.4 Å². The summed E-state index contributed by atoms with van der Waals surface area (Å²) in [4.78, 5) is 13.4. The summed E-state index contributed by atoms with van der Waals surface area (Å²) in [5.41, 5.74) is 0. The Kier molecular flexibility index (Phi) is 50.2. The van der Waals surface area contributed by atoms with Crippen LogP contribution >= 0.6 is 0 Å². The molecule has 0 aromatic heterocycles. The number of ether oxygens (including phenoxy) is 6. The molecule has 12 N–H and O–H groups in total. The Hall–Kier alpha value is -1.47. The van der Waals surface area contributed by atoms with Gasteiger partial charge in [0.25, 0.3) is 0 Å².